The average molecular weight is 898 g/mol. The molecule has 0 aliphatic heterocycles. The van der Waals surface area contributed by atoms with Crippen LogP contribution in [-0.2, 0) is 28.7 Å². The lowest BCUT2D eigenvalue weighted by atomic mass is 10.2. The van der Waals surface area contributed by atoms with Crippen molar-refractivity contribution in [3.8, 4) is 11.4 Å². The summed E-state index contributed by atoms with van der Waals surface area (Å²) in [5, 5.41) is 23.3. The highest BCUT2D eigenvalue weighted by atomic mass is 31.1. The van der Waals surface area contributed by atoms with Gasteiger partial charge < -0.3 is 25.2 Å². The summed E-state index contributed by atoms with van der Waals surface area (Å²) < 4.78 is 8.64. The molecule has 62 heavy (non-hydrogen) atoms. The topological polar surface area (TPSA) is 162 Å². The fourth-order valence-electron chi connectivity index (χ4n) is 3.56. The van der Waals surface area contributed by atoms with Crippen LogP contribution in [-0.4, -0.2) is 84.2 Å². The normalized spacial score (nSPS) is 8.47. The standard InChI is InChI=1S/C14H12N2O2.C12H9N3O.C7H10O4.C3H9P.C2H7P.5C2H6/c17-13(15-11-7-3-1-4-8-11)14(18)16-12-9-5-2-6-10-12;16-12-8-4-3-7-11(12)15-13-9-5-1-2-6-10(9)14-15;1-4-5(6(8)10-2)7(9)11-3;1-3-4-2;1-3-2;5*1-2/h1-10H,(H,15,17)(H,16,18);1-8,16H;4H,1-3H3;4H,3H2,1-2H3;3H,1-2H3;5*1-2H3. The number of benzene rings is 4. The van der Waals surface area contributed by atoms with Crippen molar-refractivity contribution in [1.29, 1.82) is 0 Å². The van der Waals surface area contributed by atoms with Gasteiger partial charge in [0.2, 0.25) is 0 Å². The zero-order valence-electron chi connectivity index (χ0n) is 40.4. The summed E-state index contributed by atoms with van der Waals surface area (Å²) in [6.07, 6.45) is 2.69. The third kappa shape index (κ3) is 30.6. The van der Waals surface area contributed by atoms with Crippen LogP contribution in [0.3, 0.4) is 0 Å². The van der Waals surface area contributed by atoms with Gasteiger partial charge in [-0.1, -0.05) is 143 Å². The summed E-state index contributed by atoms with van der Waals surface area (Å²) in [4.78, 5) is 46.1. The number of amides is 2. The van der Waals surface area contributed by atoms with Gasteiger partial charge >= 0.3 is 23.8 Å². The van der Waals surface area contributed by atoms with Crippen molar-refractivity contribution in [3.05, 3.63) is 121 Å². The van der Waals surface area contributed by atoms with Crippen LogP contribution in [0.1, 0.15) is 83.1 Å². The predicted molar refractivity (Wildman–Crippen MR) is 270 cm³/mol. The van der Waals surface area contributed by atoms with Gasteiger partial charge in [0.15, 0.2) is 0 Å². The summed E-state index contributed by atoms with van der Waals surface area (Å²) in [5.74, 6) is -2.57. The van der Waals surface area contributed by atoms with E-state index in [0.717, 1.165) is 28.2 Å². The molecular formula is C48H77N5O7P2. The molecule has 0 radical (unpaired) electrons. The quantitative estimate of drug-likeness (QED) is 0.0376. The van der Waals surface area contributed by atoms with Crippen LogP contribution in [0.2, 0.25) is 0 Å². The maximum Gasteiger partial charge on any atom is 0.344 e. The van der Waals surface area contributed by atoms with Gasteiger partial charge in [-0.25, -0.2) is 9.59 Å². The number of rotatable bonds is 6. The van der Waals surface area contributed by atoms with E-state index in [4.69, 9.17) is 0 Å². The van der Waals surface area contributed by atoms with E-state index in [2.05, 4.69) is 57.2 Å². The van der Waals surface area contributed by atoms with E-state index in [1.807, 2.05) is 112 Å². The third-order valence-corrected chi connectivity index (χ3v) is 6.81. The molecule has 0 aliphatic carbocycles. The van der Waals surface area contributed by atoms with Crippen molar-refractivity contribution in [1.82, 2.24) is 15.0 Å². The number of phenolic OH excluding ortho intramolecular Hbond substituents is 1. The number of nitrogens with one attached hydrogen (secondary N) is 2. The summed E-state index contributed by atoms with van der Waals surface area (Å²) in [6.45, 7) is 30.3. The van der Waals surface area contributed by atoms with E-state index in [1.165, 1.54) is 31.3 Å². The Morgan fingerprint density at radius 1 is 0.597 bits per heavy atom. The monoisotopic (exact) mass is 898 g/mol. The van der Waals surface area contributed by atoms with Gasteiger partial charge in [-0.15, -0.1) is 32.2 Å². The molecule has 5 aromatic rings. The molecule has 14 heteroatoms. The molecule has 2 amide bonds. The van der Waals surface area contributed by atoms with Crippen molar-refractivity contribution in [3.63, 3.8) is 0 Å². The Balaban J connectivity index is -0.000000226. The van der Waals surface area contributed by atoms with Gasteiger partial charge in [-0.2, -0.15) is 0 Å². The summed E-state index contributed by atoms with van der Waals surface area (Å²) in [7, 11) is 4.63. The molecule has 3 N–H and O–H groups in total. The highest BCUT2D eigenvalue weighted by Crippen LogP contribution is 2.20. The van der Waals surface area contributed by atoms with Crippen LogP contribution in [0, 0.1) is 0 Å². The number of fused-ring (bicyclic) bond motifs is 1. The third-order valence-electron chi connectivity index (χ3n) is 6.11. The van der Waals surface area contributed by atoms with E-state index in [0.29, 0.717) is 17.1 Å². The van der Waals surface area contributed by atoms with Crippen LogP contribution in [0.25, 0.3) is 16.7 Å². The first kappa shape index (κ1) is 65.7. The number of hydrogen-bond acceptors (Lipinski definition) is 9. The molecule has 0 saturated heterocycles. The van der Waals surface area contributed by atoms with Crippen LogP contribution < -0.4 is 10.6 Å². The van der Waals surface area contributed by atoms with E-state index in [9.17, 15) is 24.3 Å². The predicted octanol–water partition coefficient (Wildman–Crippen LogP) is 12.0. The summed E-state index contributed by atoms with van der Waals surface area (Å²) in [5.41, 5.74) is 3.29. The molecule has 12 nitrogen and oxygen atoms in total. The average Bonchev–Trinajstić information content (AvgIpc) is 3.78. The lowest BCUT2D eigenvalue weighted by Gasteiger charge is -2.05. The first-order chi connectivity index (χ1) is 30.1. The Labute approximate surface area is 377 Å². The van der Waals surface area contributed by atoms with Crippen LogP contribution >= 0.6 is 17.2 Å². The number of allylic oxidation sites excluding steroid dienone is 1. The molecule has 0 aliphatic rings. The second-order valence-electron chi connectivity index (χ2n) is 10.00. The first-order valence-electron chi connectivity index (χ1n) is 21.0. The van der Waals surface area contributed by atoms with E-state index >= 15 is 0 Å². The number of methoxy groups -OCH3 is 2. The van der Waals surface area contributed by atoms with Gasteiger partial charge in [0.05, 0.1) is 14.2 Å². The fourth-order valence-corrected chi connectivity index (χ4v) is 3.56. The van der Waals surface area contributed by atoms with E-state index in [1.54, 1.807) is 73.7 Å². The fraction of sp³-hybridized carbons (Fsp3) is 0.375. The number of hydrogen-bond donors (Lipinski definition) is 3. The molecule has 1 aromatic heterocycles. The maximum absolute atomic E-state index is 11.6. The van der Waals surface area contributed by atoms with Crippen molar-refractivity contribution >= 4 is 63.3 Å². The van der Waals surface area contributed by atoms with Crippen LogP contribution in [0.5, 0.6) is 5.75 Å². The zero-order chi connectivity index (χ0) is 48.7. The number of anilines is 2. The van der Waals surface area contributed by atoms with Gasteiger partial charge in [0.1, 0.15) is 28.0 Å². The number of aromatic nitrogens is 3. The molecule has 1 heterocycles. The largest absolute Gasteiger partial charge is 0.506 e. The summed E-state index contributed by atoms with van der Waals surface area (Å²) >= 11 is 0. The Hall–Kier alpha value is -5.44. The van der Waals surface area contributed by atoms with Crippen LogP contribution in [0.15, 0.2) is 121 Å². The molecule has 0 spiro atoms. The molecule has 0 saturated carbocycles. The Morgan fingerprint density at radius 2 is 0.903 bits per heavy atom. The second-order valence-corrected chi connectivity index (χ2v) is 12.4. The zero-order valence-corrected chi connectivity index (χ0v) is 42.4. The second kappa shape index (κ2) is 48.2. The SMILES string of the molecule is CC.CC.CC.CC.CC.CC=C(C(=O)OC)C(=O)OC.CCPC.CPC.O=C(Nc1ccccc1)C(=O)Nc1ccccc1.Oc1ccccc1-n1nc2ccccc2n1. The summed E-state index contributed by atoms with van der Waals surface area (Å²) in [6, 6.07) is 32.2. The highest BCUT2D eigenvalue weighted by molar-refractivity contribution is 7.36. The molecule has 346 valence electrons. The minimum Gasteiger partial charge on any atom is -0.506 e. The van der Waals surface area contributed by atoms with Gasteiger partial charge in [0.25, 0.3) is 0 Å². The maximum atomic E-state index is 11.6. The Kier molecular flexibility index (Phi) is 51.1. The lowest BCUT2D eigenvalue weighted by molar-refractivity contribution is -0.144. The number of ether oxygens (including phenoxy) is 2. The Morgan fingerprint density at radius 3 is 1.19 bits per heavy atom. The minimum atomic E-state index is -0.690. The van der Waals surface area contributed by atoms with E-state index in [-0.39, 0.29) is 11.3 Å². The number of aromatic hydroxyl groups is 1. The molecule has 0 fully saturated rings. The molecule has 0 bridgehead atoms. The lowest BCUT2D eigenvalue weighted by Crippen LogP contribution is -2.28. The van der Waals surface area contributed by atoms with Gasteiger partial charge in [-0.05, 0) is 81.6 Å². The van der Waals surface area contributed by atoms with Crippen molar-refractivity contribution < 1.29 is 33.8 Å². The highest BCUT2D eigenvalue weighted by Gasteiger charge is 2.17. The number of para-hydroxylation sites is 4. The molecular weight excluding hydrogens is 821 g/mol. The molecule has 4 aromatic carbocycles. The smallest absolute Gasteiger partial charge is 0.344 e. The number of esters is 2. The molecule has 1 unspecified atom stereocenters. The van der Waals surface area contributed by atoms with E-state index < -0.39 is 23.8 Å². The molecule has 1 atom stereocenters. The number of nitrogens with zero attached hydrogens (tertiary/aromatic N) is 3. The van der Waals surface area contributed by atoms with Crippen molar-refractivity contribution in [2.45, 2.75) is 83.1 Å². The number of phenols is 1. The molecule has 5 rings (SSSR count). The van der Waals surface area contributed by atoms with Crippen molar-refractivity contribution in [2.75, 3.05) is 51.0 Å². The number of carbonyl (C=O) groups excluding carboxylic acids is 4. The first-order valence-corrected chi connectivity index (χ1v) is 24.7. The van der Waals surface area contributed by atoms with Crippen LogP contribution in [0.4, 0.5) is 11.4 Å². The Bertz CT molecular complexity index is 1740. The number of carbonyl (C=O) groups is 4. The van der Waals surface area contributed by atoms with Gasteiger partial charge in [0, 0.05) is 11.4 Å². The van der Waals surface area contributed by atoms with Gasteiger partial charge in [-0.3, -0.25) is 9.59 Å². The van der Waals surface area contributed by atoms with Crippen molar-refractivity contribution in [2.24, 2.45) is 0 Å². The minimum absolute atomic E-state index is 0.0880.